The molecule has 0 aromatic rings. The third-order valence-electron chi connectivity index (χ3n) is 4.96. The molecule has 0 saturated carbocycles. The normalized spacial score (nSPS) is 33.5. The number of hydrogen-bond acceptors (Lipinski definition) is 4. The van der Waals surface area contributed by atoms with Crippen molar-refractivity contribution in [2.75, 3.05) is 39.4 Å². The molecule has 0 aromatic carbocycles. The maximum atomic E-state index is 12.8. The summed E-state index contributed by atoms with van der Waals surface area (Å²) in [7, 11) is 0. The van der Waals surface area contributed by atoms with Crippen molar-refractivity contribution in [3.63, 3.8) is 0 Å². The number of carbonyl (C=O) groups excluding carboxylic acids is 2. The van der Waals surface area contributed by atoms with Crippen LogP contribution >= 0.6 is 0 Å². The summed E-state index contributed by atoms with van der Waals surface area (Å²) in [4.78, 5) is 29.2. The predicted molar refractivity (Wildman–Crippen MR) is 77.8 cm³/mol. The molecular weight excluding hydrogens is 270 g/mol. The van der Waals surface area contributed by atoms with E-state index in [4.69, 9.17) is 4.74 Å². The number of rotatable bonds is 2. The molecule has 21 heavy (non-hydrogen) atoms. The fraction of sp³-hybridized carbons (Fsp3) is 0.867. The first-order valence-electron chi connectivity index (χ1n) is 8.04. The summed E-state index contributed by atoms with van der Waals surface area (Å²) in [6.07, 6.45) is 3.60. The van der Waals surface area contributed by atoms with E-state index in [1.165, 1.54) is 0 Å². The van der Waals surface area contributed by atoms with Gasteiger partial charge in [0.15, 0.2) is 0 Å². The average molecular weight is 295 g/mol. The maximum absolute atomic E-state index is 12.8. The molecule has 0 aliphatic carbocycles. The van der Waals surface area contributed by atoms with Crippen LogP contribution in [0, 0.1) is 0 Å². The number of nitrogens with zero attached hydrogens (tertiary/aromatic N) is 2. The predicted octanol–water partition coefficient (Wildman–Crippen LogP) is -0.0217. The second-order valence-corrected chi connectivity index (χ2v) is 6.46. The van der Waals surface area contributed by atoms with Crippen LogP contribution in [0.4, 0.5) is 0 Å². The first-order valence-corrected chi connectivity index (χ1v) is 8.04. The van der Waals surface area contributed by atoms with Crippen molar-refractivity contribution in [3.8, 4) is 0 Å². The largest absolute Gasteiger partial charge is 0.378 e. The minimum atomic E-state index is -0.478. The molecule has 2 unspecified atom stereocenters. The summed E-state index contributed by atoms with van der Waals surface area (Å²) in [5, 5.41) is 3.31. The lowest BCUT2D eigenvalue weighted by Gasteiger charge is -2.36. The minimum Gasteiger partial charge on any atom is -0.378 e. The Balaban J connectivity index is 1.69. The quantitative estimate of drug-likeness (QED) is 0.778. The molecule has 2 amide bonds. The number of carbonyl (C=O) groups is 2. The van der Waals surface area contributed by atoms with Gasteiger partial charge in [-0.3, -0.25) is 9.59 Å². The Labute approximate surface area is 125 Å². The van der Waals surface area contributed by atoms with E-state index in [1.807, 2.05) is 16.7 Å². The molecule has 3 rings (SSSR count). The standard InChI is InChI=1S/C15H25N3O3/c1-15(5-3-6-16-15)14(20)18-7-2-4-12(18)13(19)17-8-10-21-11-9-17/h12,16H,2-11H2,1H3. The van der Waals surface area contributed by atoms with Crippen LogP contribution in [0.25, 0.3) is 0 Å². The van der Waals surface area contributed by atoms with Gasteiger partial charge in [-0.25, -0.2) is 0 Å². The van der Waals surface area contributed by atoms with Crippen LogP contribution in [0.3, 0.4) is 0 Å². The van der Waals surface area contributed by atoms with Gasteiger partial charge in [-0.05, 0) is 39.2 Å². The number of hydrogen-bond donors (Lipinski definition) is 1. The van der Waals surface area contributed by atoms with Crippen molar-refractivity contribution in [2.24, 2.45) is 0 Å². The molecule has 0 bridgehead atoms. The van der Waals surface area contributed by atoms with E-state index in [0.717, 1.165) is 32.2 Å². The van der Waals surface area contributed by atoms with Crippen LogP contribution in [-0.4, -0.2) is 72.6 Å². The Hall–Kier alpha value is -1.14. The van der Waals surface area contributed by atoms with E-state index < -0.39 is 5.54 Å². The molecule has 6 heteroatoms. The Morgan fingerprint density at radius 1 is 1.19 bits per heavy atom. The topological polar surface area (TPSA) is 61.9 Å². The van der Waals surface area contributed by atoms with Crippen LogP contribution in [0.15, 0.2) is 0 Å². The molecule has 3 fully saturated rings. The number of amides is 2. The molecule has 118 valence electrons. The van der Waals surface area contributed by atoms with Gasteiger partial charge < -0.3 is 19.9 Å². The zero-order valence-electron chi connectivity index (χ0n) is 12.8. The van der Waals surface area contributed by atoms with Crippen molar-refractivity contribution in [1.82, 2.24) is 15.1 Å². The molecule has 0 radical (unpaired) electrons. The zero-order valence-corrected chi connectivity index (χ0v) is 12.8. The van der Waals surface area contributed by atoms with Crippen molar-refractivity contribution >= 4 is 11.8 Å². The number of morpholine rings is 1. The highest BCUT2D eigenvalue weighted by atomic mass is 16.5. The van der Waals surface area contributed by atoms with E-state index >= 15 is 0 Å². The van der Waals surface area contributed by atoms with Crippen LogP contribution < -0.4 is 5.32 Å². The second kappa shape index (κ2) is 5.93. The zero-order chi connectivity index (χ0) is 14.9. The summed E-state index contributed by atoms with van der Waals surface area (Å²) in [6, 6.07) is -0.269. The Morgan fingerprint density at radius 3 is 2.62 bits per heavy atom. The molecule has 0 aromatic heterocycles. The van der Waals surface area contributed by atoms with Gasteiger partial charge in [0.25, 0.3) is 0 Å². The van der Waals surface area contributed by atoms with Gasteiger partial charge in [0, 0.05) is 19.6 Å². The average Bonchev–Trinajstić information content (AvgIpc) is 3.16. The summed E-state index contributed by atoms with van der Waals surface area (Å²) in [5.41, 5.74) is -0.478. The Kier molecular flexibility index (Phi) is 4.17. The third kappa shape index (κ3) is 2.79. The van der Waals surface area contributed by atoms with Crippen molar-refractivity contribution in [2.45, 2.75) is 44.2 Å². The highest BCUT2D eigenvalue weighted by Crippen LogP contribution is 2.27. The van der Waals surface area contributed by atoms with Crippen LogP contribution in [0.5, 0.6) is 0 Å². The van der Waals surface area contributed by atoms with E-state index in [1.54, 1.807) is 0 Å². The number of ether oxygens (including phenoxy) is 1. The molecule has 2 atom stereocenters. The molecule has 6 nitrogen and oxygen atoms in total. The lowest BCUT2D eigenvalue weighted by atomic mass is 9.98. The summed E-state index contributed by atoms with van der Waals surface area (Å²) < 4.78 is 5.30. The van der Waals surface area contributed by atoms with E-state index in [9.17, 15) is 9.59 Å². The van der Waals surface area contributed by atoms with Crippen LogP contribution in [0.2, 0.25) is 0 Å². The highest BCUT2D eigenvalue weighted by molar-refractivity contribution is 5.92. The van der Waals surface area contributed by atoms with Gasteiger partial charge in [-0.15, -0.1) is 0 Å². The lowest BCUT2D eigenvalue weighted by molar-refractivity contribution is -0.149. The van der Waals surface area contributed by atoms with E-state index in [2.05, 4.69) is 5.32 Å². The molecular formula is C15H25N3O3. The number of likely N-dealkylation sites (tertiary alicyclic amines) is 1. The van der Waals surface area contributed by atoms with Crippen molar-refractivity contribution < 1.29 is 14.3 Å². The Morgan fingerprint density at radius 2 is 1.95 bits per heavy atom. The molecule has 1 N–H and O–H groups in total. The fourth-order valence-corrected chi connectivity index (χ4v) is 3.66. The molecule has 3 aliphatic rings. The summed E-state index contributed by atoms with van der Waals surface area (Å²) >= 11 is 0. The van der Waals surface area contributed by atoms with Crippen molar-refractivity contribution in [1.29, 1.82) is 0 Å². The minimum absolute atomic E-state index is 0.101. The second-order valence-electron chi connectivity index (χ2n) is 6.46. The first kappa shape index (κ1) is 14.8. The first-order chi connectivity index (χ1) is 10.1. The Bertz CT molecular complexity index is 414. The molecule has 3 saturated heterocycles. The van der Waals surface area contributed by atoms with E-state index in [0.29, 0.717) is 32.8 Å². The smallest absolute Gasteiger partial charge is 0.245 e. The third-order valence-corrected chi connectivity index (χ3v) is 4.96. The van der Waals surface area contributed by atoms with E-state index in [-0.39, 0.29) is 17.9 Å². The molecule has 3 aliphatic heterocycles. The van der Waals surface area contributed by atoms with Gasteiger partial charge in [-0.2, -0.15) is 0 Å². The van der Waals surface area contributed by atoms with Crippen LogP contribution in [0.1, 0.15) is 32.6 Å². The van der Waals surface area contributed by atoms with Gasteiger partial charge in [0.1, 0.15) is 6.04 Å². The lowest BCUT2D eigenvalue weighted by Crippen LogP contribution is -2.58. The maximum Gasteiger partial charge on any atom is 0.245 e. The van der Waals surface area contributed by atoms with Gasteiger partial charge in [0.05, 0.1) is 18.8 Å². The molecule has 0 spiro atoms. The van der Waals surface area contributed by atoms with Gasteiger partial charge in [-0.1, -0.05) is 0 Å². The number of nitrogens with one attached hydrogen (secondary N) is 1. The van der Waals surface area contributed by atoms with Gasteiger partial charge >= 0.3 is 0 Å². The fourth-order valence-electron chi connectivity index (χ4n) is 3.66. The molecule has 3 heterocycles. The highest BCUT2D eigenvalue weighted by Gasteiger charge is 2.45. The summed E-state index contributed by atoms with van der Waals surface area (Å²) in [6.45, 7) is 6.06. The van der Waals surface area contributed by atoms with Gasteiger partial charge in [0.2, 0.25) is 11.8 Å². The SMILES string of the molecule is CC1(C(=O)N2CCCC2C(=O)N2CCOCC2)CCCN1. The monoisotopic (exact) mass is 295 g/mol. The van der Waals surface area contributed by atoms with Crippen LogP contribution in [-0.2, 0) is 14.3 Å². The summed E-state index contributed by atoms with van der Waals surface area (Å²) in [5.74, 6) is 0.204. The van der Waals surface area contributed by atoms with Crippen molar-refractivity contribution in [3.05, 3.63) is 0 Å².